The predicted octanol–water partition coefficient (Wildman–Crippen LogP) is 1.24. The Balaban J connectivity index is 3.07. The Kier molecular flexibility index (Phi) is 5.21. The highest BCUT2D eigenvalue weighted by molar-refractivity contribution is 5.95. The summed E-state index contributed by atoms with van der Waals surface area (Å²) in [6.45, 7) is 1.79. The van der Waals surface area contributed by atoms with Crippen molar-refractivity contribution in [2.24, 2.45) is 0 Å². The maximum Gasteiger partial charge on any atom is 0.354 e. The molecule has 0 fully saturated rings. The molecule has 0 saturated heterocycles. The van der Waals surface area contributed by atoms with Crippen LogP contribution in [0.25, 0.3) is 6.08 Å². The highest BCUT2D eigenvalue weighted by Crippen LogP contribution is 2.15. The van der Waals surface area contributed by atoms with Gasteiger partial charge in [0.25, 0.3) is 5.69 Å². The average molecular weight is 264 g/mol. The smallest absolute Gasteiger partial charge is 0.354 e. The van der Waals surface area contributed by atoms with Gasteiger partial charge in [-0.2, -0.15) is 0 Å². The second kappa shape index (κ2) is 6.90. The Bertz CT molecular complexity index is 525. The van der Waals surface area contributed by atoms with Gasteiger partial charge in [-0.1, -0.05) is 12.1 Å². The Morgan fingerprint density at radius 3 is 2.84 bits per heavy atom. The van der Waals surface area contributed by atoms with Crippen LogP contribution in [0.3, 0.4) is 0 Å². The summed E-state index contributed by atoms with van der Waals surface area (Å²) in [7, 11) is 0. The van der Waals surface area contributed by atoms with E-state index in [2.05, 4.69) is 5.32 Å². The summed E-state index contributed by atoms with van der Waals surface area (Å²) < 4.78 is 4.74. The molecule has 1 rings (SSSR count). The Morgan fingerprint density at radius 2 is 2.26 bits per heavy atom. The second-order valence-electron chi connectivity index (χ2n) is 3.39. The van der Waals surface area contributed by atoms with Gasteiger partial charge in [-0.3, -0.25) is 14.9 Å². The van der Waals surface area contributed by atoms with E-state index in [-0.39, 0.29) is 18.0 Å². The first kappa shape index (κ1) is 14.4. The molecule has 1 aromatic carbocycles. The van der Waals surface area contributed by atoms with E-state index in [4.69, 9.17) is 4.74 Å². The van der Waals surface area contributed by atoms with Crippen molar-refractivity contribution in [1.29, 1.82) is 0 Å². The van der Waals surface area contributed by atoms with Crippen LogP contribution in [0.4, 0.5) is 5.69 Å². The number of nitro benzene ring substituents is 1. The lowest BCUT2D eigenvalue weighted by atomic mass is 10.1. The topological polar surface area (TPSA) is 98.5 Å². The lowest BCUT2D eigenvalue weighted by Gasteiger charge is -2.05. The van der Waals surface area contributed by atoms with Crippen LogP contribution in [-0.4, -0.2) is 23.9 Å². The Labute approximate surface area is 109 Å². The van der Waals surface area contributed by atoms with Crippen LogP contribution in [0.1, 0.15) is 12.5 Å². The number of nitrogens with zero attached hydrogens (tertiary/aromatic N) is 1. The molecule has 0 spiro atoms. The van der Waals surface area contributed by atoms with Crippen molar-refractivity contribution < 1.29 is 19.2 Å². The zero-order valence-corrected chi connectivity index (χ0v) is 10.2. The molecule has 0 radical (unpaired) electrons. The van der Waals surface area contributed by atoms with Gasteiger partial charge in [0.1, 0.15) is 5.70 Å². The molecule has 0 aliphatic carbocycles. The molecule has 1 N–H and O–H groups in total. The Hall–Kier alpha value is -2.70. The van der Waals surface area contributed by atoms with E-state index >= 15 is 0 Å². The van der Waals surface area contributed by atoms with Crippen LogP contribution >= 0.6 is 0 Å². The third-order valence-electron chi connectivity index (χ3n) is 2.10. The number of carbonyl (C=O) groups is 2. The minimum absolute atomic E-state index is 0.0858. The van der Waals surface area contributed by atoms with Crippen molar-refractivity contribution in [2.45, 2.75) is 6.92 Å². The van der Waals surface area contributed by atoms with Crippen LogP contribution in [0.5, 0.6) is 0 Å². The van der Waals surface area contributed by atoms with E-state index in [0.29, 0.717) is 12.0 Å². The van der Waals surface area contributed by atoms with E-state index in [1.807, 2.05) is 0 Å². The van der Waals surface area contributed by atoms with Crippen LogP contribution in [-0.2, 0) is 14.3 Å². The molecular formula is C12H12N2O5. The molecule has 0 heterocycles. The number of ether oxygens (including phenoxy) is 1. The molecule has 0 aliphatic rings. The van der Waals surface area contributed by atoms with Gasteiger partial charge < -0.3 is 10.1 Å². The minimum atomic E-state index is -0.707. The summed E-state index contributed by atoms with van der Waals surface area (Å²) in [6.07, 6.45) is 1.64. The number of carbonyl (C=O) groups excluding carboxylic acids is 2. The van der Waals surface area contributed by atoms with Crippen molar-refractivity contribution in [2.75, 3.05) is 6.61 Å². The molecule has 0 unspecified atom stereocenters. The number of hydrogen-bond acceptors (Lipinski definition) is 5. The highest BCUT2D eigenvalue weighted by Gasteiger charge is 2.11. The summed E-state index contributed by atoms with van der Waals surface area (Å²) in [4.78, 5) is 32.0. The first-order chi connectivity index (χ1) is 9.08. The molecule has 100 valence electrons. The molecule has 19 heavy (non-hydrogen) atoms. The first-order valence-corrected chi connectivity index (χ1v) is 5.42. The van der Waals surface area contributed by atoms with E-state index < -0.39 is 10.9 Å². The number of nitro groups is 1. The largest absolute Gasteiger partial charge is 0.461 e. The second-order valence-corrected chi connectivity index (χ2v) is 3.39. The van der Waals surface area contributed by atoms with E-state index in [0.717, 1.165) is 0 Å². The van der Waals surface area contributed by atoms with E-state index in [1.165, 1.54) is 24.3 Å². The fourth-order valence-electron chi connectivity index (χ4n) is 1.33. The molecule has 0 aromatic heterocycles. The quantitative estimate of drug-likeness (QED) is 0.274. The number of rotatable bonds is 6. The average Bonchev–Trinajstić information content (AvgIpc) is 2.39. The molecule has 7 nitrogen and oxygen atoms in total. The van der Waals surface area contributed by atoms with Gasteiger partial charge in [-0.15, -0.1) is 0 Å². The molecule has 7 heteroatoms. The predicted molar refractivity (Wildman–Crippen MR) is 66.9 cm³/mol. The maximum absolute atomic E-state index is 11.5. The molecule has 0 bridgehead atoms. The summed E-state index contributed by atoms with van der Waals surface area (Å²) in [6, 6.07) is 5.66. The van der Waals surface area contributed by atoms with Gasteiger partial charge >= 0.3 is 5.97 Å². The molecular weight excluding hydrogens is 252 g/mol. The number of benzene rings is 1. The normalized spacial score (nSPS) is 10.7. The molecule has 0 atom stereocenters. The van der Waals surface area contributed by atoms with Crippen LogP contribution in [0, 0.1) is 10.1 Å². The Morgan fingerprint density at radius 1 is 1.53 bits per heavy atom. The van der Waals surface area contributed by atoms with Gasteiger partial charge in [0, 0.05) is 12.1 Å². The zero-order valence-electron chi connectivity index (χ0n) is 10.2. The standard InChI is InChI=1S/C12H12N2O5/c1-2-19-12(16)11(13-8-15)7-9-4-3-5-10(6-9)14(17)18/h3-8H,2H2,1H3,(H,13,15). The molecule has 0 saturated carbocycles. The number of esters is 1. The lowest BCUT2D eigenvalue weighted by molar-refractivity contribution is -0.384. The summed E-state index contributed by atoms with van der Waals surface area (Å²) in [5, 5.41) is 12.8. The number of non-ortho nitro benzene ring substituents is 1. The van der Waals surface area contributed by atoms with Crippen molar-refractivity contribution in [3.8, 4) is 0 Å². The first-order valence-electron chi connectivity index (χ1n) is 5.42. The van der Waals surface area contributed by atoms with Crippen LogP contribution in [0.15, 0.2) is 30.0 Å². The van der Waals surface area contributed by atoms with Crippen molar-refractivity contribution in [3.05, 3.63) is 45.6 Å². The third kappa shape index (κ3) is 4.23. The van der Waals surface area contributed by atoms with Gasteiger partial charge in [0.15, 0.2) is 0 Å². The third-order valence-corrected chi connectivity index (χ3v) is 2.10. The maximum atomic E-state index is 11.5. The fraction of sp³-hybridized carbons (Fsp3) is 0.167. The summed E-state index contributed by atoms with van der Waals surface area (Å²) in [5.41, 5.74) is 0.215. The van der Waals surface area contributed by atoms with Gasteiger partial charge in [-0.05, 0) is 18.6 Å². The number of amides is 1. The minimum Gasteiger partial charge on any atom is -0.461 e. The SMILES string of the molecule is CCOC(=O)C(=Cc1cccc([N+](=O)[O-])c1)NC=O. The highest BCUT2D eigenvalue weighted by atomic mass is 16.6. The number of hydrogen-bond donors (Lipinski definition) is 1. The molecule has 1 aromatic rings. The van der Waals surface area contributed by atoms with Crippen LogP contribution < -0.4 is 5.32 Å². The number of nitrogens with one attached hydrogen (secondary N) is 1. The molecule has 0 aliphatic heterocycles. The van der Waals surface area contributed by atoms with Crippen molar-refractivity contribution in [3.63, 3.8) is 0 Å². The van der Waals surface area contributed by atoms with E-state index in [1.54, 1.807) is 13.0 Å². The van der Waals surface area contributed by atoms with Crippen molar-refractivity contribution in [1.82, 2.24) is 5.32 Å². The van der Waals surface area contributed by atoms with Gasteiger partial charge in [0.2, 0.25) is 6.41 Å². The lowest BCUT2D eigenvalue weighted by Crippen LogP contribution is -2.20. The zero-order chi connectivity index (χ0) is 14.3. The van der Waals surface area contributed by atoms with Crippen LogP contribution in [0.2, 0.25) is 0 Å². The monoisotopic (exact) mass is 264 g/mol. The molecule has 1 amide bonds. The van der Waals surface area contributed by atoms with Gasteiger partial charge in [0.05, 0.1) is 11.5 Å². The van der Waals surface area contributed by atoms with Gasteiger partial charge in [-0.25, -0.2) is 4.79 Å². The van der Waals surface area contributed by atoms with Crippen molar-refractivity contribution >= 4 is 24.1 Å². The summed E-state index contributed by atoms with van der Waals surface area (Å²) >= 11 is 0. The fourth-order valence-corrected chi connectivity index (χ4v) is 1.33. The summed E-state index contributed by atoms with van der Waals surface area (Å²) in [5.74, 6) is -0.707. The van der Waals surface area contributed by atoms with E-state index in [9.17, 15) is 19.7 Å².